The van der Waals surface area contributed by atoms with E-state index < -0.39 is 5.60 Å². The number of allylic oxidation sites excluding steroid dienone is 1. The number of carbonyl (C=O) groups excluding carboxylic acids is 1. The van der Waals surface area contributed by atoms with E-state index in [1.165, 1.54) is 0 Å². The standard InChI is InChI=1S/C13H21BrO4/c1-9-11(14)12(15)13(2,18-9)8-6-5-7-10(16-3)17-4/h10H,5-8H2,1-4H3. The van der Waals surface area contributed by atoms with Crippen LogP contribution in [0.2, 0.25) is 0 Å². The number of unbranched alkanes of at least 4 members (excludes halogenated alkanes) is 1. The monoisotopic (exact) mass is 320 g/mol. The summed E-state index contributed by atoms with van der Waals surface area (Å²) in [6, 6.07) is 0. The molecule has 1 atom stereocenters. The molecule has 4 nitrogen and oxygen atoms in total. The zero-order valence-electron chi connectivity index (χ0n) is 11.4. The van der Waals surface area contributed by atoms with E-state index in [4.69, 9.17) is 14.2 Å². The first-order chi connectivity index (χ1) is 8.44. The zero-order chi connectivity index (χ0) is 13.8. The first-order valence-electron chi connectivity index (χ1n) is 6.10. The molecule has 0 saturated heterocycles. The van der Waals surface area contributed by atoms with Gasteiger partial charge in [-0.1, -0.05) is 0 Å². The van der Waals surface area contributed by atoms with Gasteiger partial charge in [0.05, 0.1) is 0 Å². The van der Waals surface area contributed by atoms with Gasteiger partial charge in [-0.3, -0.25) is 4.79 Å². The van der Waals surface area contributed by atoms with Crippen molar-refractivity contribution in [2.75, 3.05) is 14.2 Å². The molecule has 0 aromatic carbocycles. The van der Waals surface area contributed by atoms with E-state index in [2.05, 4.69) is 15.9 Å². The van der Waals surface area contributed by atoms with Crippen LogP contribution in [-0.4, -0.2) is 31.9 Å². The number of carbonyl (C=O) groups is 1. The highest BCUT2D eigenvalue weighted by atomic mass is 79.9. The van der Waals surface area contributed by atoms with Crippen LogP contribution in [0, 0.1) is 0 Å². The Morgan fingerprint density at radius 2 is 1.94 bits per heavy atom. The Bertz CT molecular complexity index is 336. The Labute approximate surface area is 117 Å². The number of hydrogen-bond acceptors (Lipinski definition) is 4. The van der Waals surface area contributed by atoms with Crippen LogP contribution in [0.25, 0.3) is 0 Å². The summed E-state index contributed by atoms with van der Waals surface area (Å²) >= 11 is 3.26. The summed E-state index contributed by atoms with van der Waals surface area (Å²) < 4.78 is 16.5. The van der Waals surface area contributed by atoms with Crippen molar-refractivity contribution in [3.05, 3.63) is 10.2 Å². The molecule has 5 heteroatoms. The maximum absolute atomic E-state index is 12.0. The van der Waals surface area contributed by atoms with Gasteiger partial charge in [-0.05, 0) is 55.5 Å². The molecule has 0 amide bonds. The third kappa shape index (κ3) is 3.56. The van der Waals surface area contributed by atoms with Gasteiger partial charge in [-0.15, -0.1) is 0 Å². The van der Waals surface area contributed by atoms with Gasteiger partial charge in [0.25, 0.3) is 0 Å². The van der Waals surface area contributed by atoms with Gasteiger partial charge in [0.1, 0.15) is 10.2 Å². The summed E-state index contributed by atoms with van der Waals surface area (Å²) in [6.07, 6.45) is 3.21. The quantitative estimate of drug-likeness (QED) is 0.534. The van der Waals surface area contributed by atoms with E-state index in [1.807, 2.05) is 6.92 Å². The lowest BCUT2D eigenvalue weighted by Crippen LogP contribution is -2.33. The fraction of sp³-hybridized carbons (Fsp3) is 0.769. The topological polar surface area (TPSA) is 44.8 Å². The predicted octanol–water partition coefficient (Wildman–Crippen LogP) is 3.15. The molecule has 0 aromatic rings. The normalized spacial score (nSPS) is 24.0. The largest absolute Gasteiger partial charge is 0.483 e. The van der Waals surface area contributed by atoms with Crippen molar-refractivity contribution >= 4 is 21.7 Å². The number of methoxy groups -OCH3 is 2. The first kappa shape index (κ1) is 15.7. The minimum absolute atomic E-state index is 0.0371. The molecule has 0 N–H and O–H groups in total. The number of Topliss-reactive ketones (excluding diaryl/α,β-unsaturated/α-hetero) is 1. The summed E-state index contributed by atoms with van der Waals surface area (Å²) in [5, 5.41) is 0. The predicted molar refractivity (Wildman–Crippen MR) is 72.4 cm³/mol. The summed E-state index contributed by atoms with van der Waals surface area (Å²) in [4.78, 5) is 12.0. The second-order valence-corrected chi connectivity index (χ2v) is 5.47. The molecule has 1 unspecified atom stereocenters. The Balaban J connectivity index is 2.35. The zero-order valence-corrected chi connectivity index (χ0v) is 13.0. The van der Waals surface area contributed by atoms with Crippen molar-refractivity contribution in [2.24, 2.45) is 0 Å². The number of ketones is 1. The van der Waals surface area contributed by atoms with Gasteiger partial charge >= 0.3 is 0 Å². The number of ether oxygens (including phenoxy) is 3. The van der Waals surface area contributed by atoms with E-state index in [1.54, 1.807) is 21.1 Å². The highest BCUT2D eigenvalue weighted by Gasteiger charge is 2.42. The lowest BCUT2D eigenvalue weighted by atomic mass is 9.94. The van der Waals surface area contributed by atoms with Crippen LogP contribution < -0.4 is 0 Å². The molecule has 0 aliphatic carbocycles. The summed E-state index contributed by atoms with van der Waals surface area (Å²) in [5.74, 6) is 0.712. The maximum Gasteiger partial charge on any atom is 0.216 e. The second kappa shape index (κ2) is 6.68. The Morgan fingerprint density at radius 3 is 2.39 bits per heavy atom. The summed E-state index contributed by atoms with van der Waals surface area (Å²) in [6.45, 7) is 3.65. The molecule has 1 rings (SSSR count). The smallest absolute Gasteiger partial charge is 0.216 e. The minimum Gasteiger partial charge on any atom is -0.483 e. The van der Waals surface area contributed by atoms with Crippen LogP contribution >= 0.6 is 15.9 Å². The van der Waals surface area contributed by atoms with E-state index >= 15 is 0 Å². The highest BCUT2D eigenvalue weighted by molar-refractivity contribution is 9.12. The van der Waals surface area contributed by atoms with Gasteiger partial charge < -0.3 is 14.2 Å². The SMILES string of the molecule is COC(CCCCC1(C)OC(C)=C(Br)C1=O)OC. The molecule has 0 saturated carbocycles. The van der Waals surface area contributed by atoms with E-state index in [-0.39, 0.29) is 12.1 Å². The van der Waals surface area contributed by atoms with Crippen molar-refractivity contribution < 1.29 is 19.0 Å². The van der Waals surface area contributed by atoms with Gasteiger partial charge in [-0.2, -0.15) is 0 Å². The minimum atomic E-state index is -0.710. The lowest BCUT2D eigenvalue weighted by molar-refractivity contribution is -0.129. The Hall–Kier alpha value is -0.390. The summed E-state index contributed by atoms with van der Waals surface area (Å²) in [7, 11) is 3.26. The molecule has 0 radical (unpaired) electrons. The molecular formula is C13H21BrO4. The van der Waals surface area contributed by atoms with Crippen LogP contribution in [0.1, 0.15) is 39.5 Å². The molecule has 0 aromatic heterocycles. The fourth-order valence-electron chi connectivity index (χ4n) is 2.09. The molecule has 1 aliphatic heterocycles. The summed E-state index contributed by atoms with van der Waals surface area (Å²) in [5.41, 5.74) is -0.710. The lowest BCUT2D eigenvalue weighted by Gasteiger charge is -2.23. The van der Waals surface area contributed by atoms with Gasteiger partial charge in [0.15, 0.2) is 11.9 Å². The van der Waals surface area contributed by atoms with Crippen LogP contribution in [-0.2, 0) is 19.0 Å². The molecular weight excluding hydrogens is 300 g/mol. The molecule has 0 bridgehead atoms. The molecule has 0 spiro atoms. The molecule has 0 fully saturated rings. The molecule has 1 aliphatic rings. The van der Waals surface area contributed by atoms with Crippen molar-refractivity contribution in [3.8, 4) is 0 Å². The van der Waals surface area contributed by atoms with Gasteiger partial charge in [-0.25, -0.2) is 0 Å². The number of rotatable bonds is 7. The van der Waals surface area contributed by atoms with Crippen LogP contribution in [0.5, 0.6) is 0 Å². The van der Waals surface area contributed by atoms with Crippen molar-refractivity contribution in [1.82, 2.24) is 0 Å². The van der Waals surface area contributed by atoms with Crippen LogP contribution in [0.4, 0.5) is 0 Å². The van der Waals surface area contributed by atoms with Gasteiger partial charge in [0, 0.05) is 14.2 Å². The maximum atomic E-state index is 12.0. The Morgan fingerprint density at radius 1 is 1.33 bits per heavy atom. The third-order valence-electron chi connectivity index (χ3n) is 3.24. The van der Waals surface area contributed by atoms with Crippen molar-refractivity contribution in [2.45, 2.75) is 51.4 Å². The molecule has 1 heterocycles. The highest BCUT2D eigenvalue weighted by Crippen LogP contribution is 2.36. The average Bonchev–Trinajstić information content (AvgIpc) is 2.54. The van der Waals surface area contributed by atoms with E-state index in [0.29, 0.717) is 16.7 Å². The number of hydrogen-bond donors (Lipinski definition) is 0. The third-order valence-corrected chi connectivity index (χ3v) is 4.16. The van der Waals surface area contributed by atoms with Gasteiger partial charge in [0.2, 0.25) is 5.78 Å². The fourth-order valence-corrected chi connectivity index (χ4v) is 2.59. The van der Waals surface area contributed by atoms with Crippen LogP contribution in [0.3, 0.4) is 0 Å². The van der Waals surface area contributed by atoms with Crippen molar-refractivity contribution in [3.63, 3.8) is 0 Å². The Kier molecular flexibility index (Phi) is 5.82. The number of halogens is 1. The molecule has 18 heavy (non-hydrogen) atoms. The van der Waals surface area contributed by atoms with Crippen LogP contribution in [0.15, 0.2) is 10.2 Å². The average molecular weight is 321 g/mol. The van der Waals surface area contributed by atoms with Crippen molar-refractivity contribution in [1.29, 1.82) is 0 Å². The van der Waals surface area contributed by atoms with E-state index in [0.717, 1.165) is 19.3 Å². The molecule has 104 valence electrons. The van der Waals surface area contributed by atoms with E-state index in [9.17, 15) is 4.79 Å². The second-order valence-electron chi connectivity index (χ2n) is 4.68. The first-order valence-corrected chi connectivity index (χ1v) is 6.89.